The molecule has 1 aromatic heterocycles. The van der Waals surface area contributed by atoms with Crippen molar-refractivity contribution in [1.29, 1.82) is 0 Å². The number of hydrogen-bond donors (Lipinski definition) is 0. The number of para-hydroxylation sites is 1. The molecule has 0 amide bonds. The van der Waals surface area contributed by atoms with Crippen molar-refractivity contribution in [2.45, 2.75) is 5.41 Å². The molecule has 1 atom stereocenters. The van der Waals surface area contributed by atoms with Crippen molar-refractivity contribution in [3.05, 3.63) is 150 Å². The van der Waals surface area contributed by atoms with Crippen LogP contribution in [0.5, 0.6) is 0 Å². The number of hydrogen-bond acceptors (Lipinski definition) is 0. The molecule has 5 aromatic carbocycles. The Morgan fingerprint density at radius 3 is 2.26 bits per heavy atom. The highest BCUT2D eigenvalue weighted by Crippen LogP contribution is 2.59. The summed E-state index contributed by atoms with van der Waals surface area (Å²) in [6, 6.07) is 42.4. The predicted molar refractivity (Wildman–Crippen MR) is 141 cm³/mol. The Kier molecular flexibility index (Phi) is 3.28. The first-order valence-corrected chi connectivity index (χ1v) is 11.8. The van der Waals surface area contributed by atoms with Gasteiger partial charge in [0, 0.05) is 22.0 Å². The summed E-state index contributed by atoms with van der Waals surface area (Å²) in [7, 11) is 0. The summed E-state index contributed by atoms with van der Waals surface area (Å²) in [4.78, 5) is 0. The van der Waals surface area contributed by atoms with Gasteiger partial charge in [0.15, 0.2) is 0 Å². The molecule has 0 saturated heterocycles. The van der Waals surface area contributed by atoms with Crippen molar-refractivity contribution < 1.29 is 0 Å². The highest BCUT2D eigenvalue weighted by Gasteiger charge is 2.48. The molecule has 0 radical (unpaired) electrons. The lowest BCUT2D eigenvalue weighted by Crippen LogP contribution is -2.30. The fourth-order valence-corrected chi connectivity index (χ4v) is 6.64. The summed E-state index contributed by atoms with van der Waals surface area (Å²) in [5, 5.41) is 2.56. The van der Waals surface area contributed by atoms with E-state index in [4.69, 9.17) is 0 Å². The topological polar surface area (TPSA) is 4.93 Å². The van der Waals surface area contributed by atoms with Crippen LogP contribution in [0.3, 0.4) is 0 Å². The van der Waals surface area contributed by atoms with Gasteiger partial charge in [-0.05, 0) is 45.5 Å². The maximum absolute atomic E-state index is 4.62. The minimum Gasteiger partial charge on any atom is -0.309 e. The molecule has 0 N–H and O–H groups in total. The van der Waals surface area contributed by atoms with E-state index in [9.17, 15) is 0 Å². The zero-order chi connectivity index (χ0) is 22.4. The van der Waals surface area contributed by atoms with Crippen LogP contribution in [-0.4, -0.2) is 4.57 Å². The highest BCUT2D eigenvalue weighted by atomic mass is 15.0. The van der Waals surface area contributed by atoms with Gasteiger partial charge >= 0.3 is 0 Å². The lowest BCUT2D eigenvalue weighted by molar-refractivity contribution is 0.769. The third kappa shape index (κ3) is 1.94. The van der Waals surface area contributed by atoms with E-state index in [1.54, 1.807) is 0 Å². The molecule has 1 heteroatoms. The number of rotatable bonds is 1. The molecular formula is C33H21N. The average Bonchev–Trinajstić information content (AvgIpc) is 3.39. The zero-order valence-electron chi connectivity index (χ0n) is 18.6. The first-order chi connectivity index (χ1) is 16.8. The van der Waals surface area contributed by atoms with Crippen LogP contribution < -0.4 is 0 Å². The van der Waals surface area contributed by atoms with E-state index >= 15 is 0 Å². The van der Waals surface area contributed by atoms with E-state index in [0.717, 1.165) is 11.3 Å². The van der Waals surface area contributed by atoms with E-state index in [2.05, 4.69) is 126 Å². The molecule has 1 unspecified atom stereocenters. The second-order valence-corrected chi connectivity index (χ2v) is 9.43. The molecule has 34 heavy (non-hydrogen) atoms. The smallest absolute Gasteiger partial charge is 0.0734 e. The standard InChI is InChI=1S/C33H21N/c1-21-22-10-9-13-24(20-22)33(23-11-3-2-4-12-23)29-16-7-5-14-25(29)27-18-19-28-26-15-6-8-17-30(26)34(21)32(28)31(27)33/h2-20H,1H2. The normalized spacial score (nSPS) is 17.6. The monoisotopic (exact) mass is 431 g/mol. The fraction of sp³-hybridized carbons (Fsp3) is 0.0303. The molecule has 1 aliphatic heterocycles. The molecule has 158 valence electrons. The lowest BCUT2D eigenvalue weighted by atomic mass is 9.66. The minimum atomic E-state index is -0.393. The van der Waals surface area contributed by atoms with Crippen molar-refractivity contribution in [1.82, 2.24) is 4.57 Å². The van der Waals surface area contributed by atoms with Gasteiger partial charge in [-0.1, -0.05) is 110 Å². The molecule has 1 nitrogen and oxygen atoms in total. The third-order valence-electron chi connectivity index (χ3n) is 7.94. The Labute approximate surface area is 198 Å². The molecule has 2 aliphatic rings. The van der Waals surface area contributed by atoms with E-state index in [0.29, 0.717) is 0 Å². The second kappa shape index (κ2) is 6.15. The summed E-state index contributed by atoms with van der Waals surface area (Å²) in [6.45, 7) is 4.62. The number of nitrogens with zero attached hydrogens (tertiary/aromatic N) is 1. The van der Waals surface area contributed by atoms with Crippen molar-refractivity contribution in [2.24, 2.45) is 0 Å². The number of benzene rings is 5. The van der Waals surface area contributed by atoms with Gasteiger partial charge in [-0.25, -0.2) is 0 Å². The van der Waals surface area contributed by atoms with Gasteiger partial charge in [-0.2, -0.15) is 0 Å². The van der Waals surface area contributed by atoms with E-state index in [1.165, 1.54) is 55.2 Å². The van der Waals surface area contributed by atoms with Crippen LogP contribution in [0.25, 0.3) is 38.6 Å². The SMILES string of the molecule is C=C1c2cccc(c2)C2(c3ccccc3)c3ccccc3-c3ccc4c5ccccc5n1c4c32. The van der Waals surface area contributed by atoms with Crippen molar-refractivity contribution in [2.75, 3.05) is 0 Å². The maximum Gasteiger partial charge on any atom is 0.0734 e. The van der Waals surface area contributed by atoms with Gasteiger partial charge in [-0.15, -0.1) is 0 Å². The fourth-order valence-electron chi connectivity index (χ4n) is 6.64. The van der Waals surface area contributed by atoms with Crippen molar-refractivity contribution in [3.63, 3.8) is 0 Å². The maximum atomic E-state index is 4.62. The quantitative estimate of drug-likeness (QED) is 0.248. The first kappa shape index (κ1) is 18.1. The summed E-state index contributed by atoms with van der Waals surface area (Å²) >= 11 is 0. The second-order valence-electron chi connectivity index (χ2n) is 9.43. The van der Waals surface area contributed by atoms with Crippen LogP contribution >= 0.6 is 0 Å². The van der Waals surface area contributed by atoms with E-state index < -0.39 is 5.41 Å². The molecular weight excluding hydrogens is 410 g/mol. The van der Waals surface area contributed by atoms with Crippen LogP contribution in [0, 0.1) is 0 Å². The number of fused-ring (bicyclic) bond motifs is 9. The zero-order valence-corrected chi connectivity index (χ0v) is 18.6. The Morgan fingerprint density at radius 2 is 1.35 bits per heavy atom. The van der Waals surface area contributed by atoms with Crippen LogP contribution in [0.1, 0.15) is 27.8 Å². The Balaban J connectivity index is 1.73. The van der Waals surface area contributed by atoms with Gasteiger partial charge in [0.25, 0.3) is 0 Å². The van der Waals surface area contributed by atoms with Gasteiger partial charge in [0.05, 0.1) is 16.4 Å². The average molecular weight is 432 g/mol. The lowest BCUT2D eigenvalue weighted by Gasteiger charge is -2.36. The van der Waals surface area contributed by atoms with Gasteiger partial charge in [0.1, 0.15) is 0 Å². The molecule has 8 rings (SSSR count). The molecule has 0 spiro atoms. The van der Waals surface area contributed by atoms with Gasteiger partial charge < -0.3 is 4.57 Å². The van der Waals surface area contributed by atoms with Crippen LogP contribution in [0.4, 0.5) is 0 Å². The summed E-state index contributed by atoms with van der Waals surface area (Å²) in [6.07, 6.45) is 0. The summed E-state index contributed by atoms with van der Waals surface area (Å²) in [5.41, 5.74) is 12.2. The largest absolute Gasteiger partial charge is 0.309 e. The minimum absolute atomic E-state index is 0.393. The first-order valence-electron chi connectivity index (χ1n) is 11.8. The highest BCUT2D eigenvalue weighted by molar-refractivity contribution is 6.15. The summed E-state index contributed by atoms with van der Waals surface area (Å²) in [5.74, 6) is 0. The van der Waals surface area contributed by atoms with E-state index in [1.807, 2.05) is 0 Å². The van der Waals surface area contributed by atoms with Crippen LogP contribution in [-0.2, 0) is 5.41 Å². The molecule has 6 aromatic rings. The Morgan fingerprint density at radius 1 is 0.588 bits per heavy atom. The predicted octanol–water partition coefficient (Wildman–Crippen LogP) is 7.99. The van der Waals surface area contributed by atoms with Gasteiger partial charge in [-0.3, -0.25) is 0 Å². The molecule has 0 fully saturated rings. The Hall–Kier alpha value is -4.36. The van der Waals surface area contributed by atoms with Crippen molar-refractivity contribution >= 4 is 27.5 Å². The third-order valence-corrected chi connectivity index (χ3v) is 7.94. The van der Waals surface area contributed by atoms with Crippen LogP contribution in [0.2, 0.25) is 0 Å². The number of aromatic nitrogens is 1. The molecule has 2 bridgehead atoms. The molecule has 0 saturated carbocycles. The van der Waals surface area contributed by atoms with Gasteiger partial charge in [0.2, 0.25) is 0 Å². The van der Waals surface area contributed by atoms with Crippen molar-refractivity contribution in [3.8, 4) is 11.1 Å². The Bertz CT molecular complexity index is 1820. The van der Waals surface area contributed by atoms with Crippen LogP contribution in [0.15, 0.2) is 122 Å². The molecule has 2 heterocycles. The molecule has 1 aliphatic carbocycles. The van der Waals surface area contributed by atoms with E-state index in [-0.39, 0.29) is 0 Å². The summed E-state index contributed by atoms with van der Waals surface area (Å²) < 4.78 is 2.41.